The van der Waals surface area contributed by atoms with Crippen LogP contribution in [0.3, 0.4) is 0 Å². The fourth-order valence-electron chi connectivity index (χ4n) is 4.31. The van der Waals surface area contributed by atoms with E-state index in [1.54, 1.807) is 45.9 Å². The van der Waals surface area contributed by atoms with Gasteiger partial charge < -0.3 is 25.3 Å². The van der Waals surface area contributed by atoms with E-state index in [1.807, 2.05) is 31.5 Å². The Hall–Kier alpha value is -3.80. The lowest BCUT2D eigenvalue weighted by Crippen LogP contribution is -2.47. The van der Waals surface area contributed by atoms with Crippen LogP contribution in [0.5, 0.6) is 5.75 Å². The van der Waals surface area contributed by atoms with Gasteiger partial charge in [-0.05, 0) is 55.5 Å². The van der Waals surface area contributed by atoms with E-state index in [0.29, 0.717) is 74.6 Å². The van der Waals surface area contributed by atoms with Crippen molar-refractivity contribution in [2.45, 2.75) is 45.3 Å². The van der Waals surface area contributed by atoms with Gasteiger partial charge in [0.25, 0.3) is 11.8 Å². The van der Waals surface area contributed by atoms with Gasteiger partial charge in [-0.1, -0.05) is 11.3 Å². The summed E-state index contributed by atoms with van der Waals surface area (Å²) in [5.74, 6) is 0.619. The molecular weight excluding hydrogens is 518 g/mol. The van der Waals surface area contributed by atoms with E-state index < -0.39 is 6.04 Å². The molecule has 0 fully saturated rings. The van der Waals surface area contributed by atoms with E-state index in [-0.39, 0.29) is 17.7 Å². The van der Waals surface area contributed by atoms with Crippen molar-refractivity contribution in [1.82, 2.24) is 35.5 Å². The quantitative estimate of drug-likeness (QED) is 0.452. The number of rotatable bonds is 4. The number of carbonyl (C=O) groups is 3. The first kappa shape index (κ1) is 28.2. The number of thioether (sulfide) groups is 1. The predicted octanol–water partition coefficient (Wildman–Crippen LogP) is 2.40. The van der Waals surface area contributed by atoms with E-state index in [0.717, 1.165) is 11.3 Å². The highest BCUT2D eigenvalue weighted by molar-refractivity contribution is 7.98. The Morgan fingerprint density at radius 1 is 1.21 bits per heavy atom. The van der Waals surface area contributed by atoms with Crippen LogP contribution in [0, 0.1) is 6.92 Å². The Morgan fingerprint density at radius 3 is 2.87 bits per heavy atom. The molecule has 11 nitrogen and oxygen atoms in total. The predicted molar refractivity (Wildman–Crippen MR) is 149 cm³/mol. The first-order valence-corrected chi connectivity index (χ1v) is 14.5. The van der Waals surface area contributed by atoms with Gasteiger partial charge in [0.05, 0.1) is 24.9 Å². The Morgan fingerprint density at radius 2 is 2.08 bits per heavy atom. The molecule has 0 unspecified atom stereocenters. The minimum atomic E-state index is -0.674. The average molecular weight is 554 g/mol. The van der Waals surface area contributed by atoms with Crippen LogP contribution in [0.15, 0.2) is 42.9 Å². The number of hydrogen-bond donors (Lipinski definition) is 3. The van der Waals surface area contributed by atoms with Crippen LogP contribution in [-0.4, -0.2) is 80.3 Å². The number of carbonyl (C=O) groups excluding carboxylic acids is 3. The third-order valence-corrected chi connectivity index (χ3v) is 7.11. The number of ether oxygens (including phenoxy) is 1. The zero-order valence-electron chi connectivity index (χ0n) is 22.3. The van der Waals surface area contributed by atoms with Crippen LogP contribution >= 0.6 is 11.8 Å². The van der Waals surface area contributed by atoms with Gasteiger partial charge in [-0.25, -0.2) is 0 Å². The van der Waals surface area contributed by atoms with Gasteiger partial charge in [0, 0.05) is 44.0 Å². The number of nitrogens with zero attached hydrogens (tertiary/aromatic N) is 4. The molecule has 0 spiro atoms. The van der Waals surface area contributed by atoms with Crippen molar-refractivity contribution in [1.29, 1.82) is 0 Å². The fraction of sp³-hybridized carbons (Fsp3) is 0.444. The first-order valence-electron chi connectivity index (χ1n) is 13.1. The van der Waals surface area contributed by atoms with Crippen molar-refractivity contribution >= 4 is 29.5 Å². The van der Waals surface area contributed by atoms with E-state index in [2.05, 4.69) is 25.9 Å². The van der Waals surface area contributed by atoms with Gasteiger partial charge in [0.2, 0.25) is 5.91 Å². The van der Waals surface area contributed by atoms with Gasteiger partial charge in [-0.15, -0.1) is 5.10 Å². The van der Waals surface area contributed by atoms with Gasteiger partial charge in [-0.3, -0.25) is 19.1 Å². The van der Waals surface area contributed by atoms with Gasteiger partial charge >= 0.3 is 0 Å². The summed E-state index contributed by atoms with van der Waals surface area (Å²) >= 11 is 1.61. The fourth-order valence-corrected chi connectivity index (χ4v) is 4.78. The average Bonchev–Trinajstić information content (AvgIpc) is 3.63. The molecule has 3 amide bonds. The molecule has 0 saturated heterocycles. The maximum Gasteiger partial charge on any atom is 0.255 e. The standard InChI is InChI=1S/C27H35N7O4S/c1-19-5-6-22-15-23(19)25(35)30-24(8-14-39-2)26(36)29-9-3-11-33(27(37)20-7-10-28-16-20)17-21-18-34(32-31-21)12-4-13-38-22/h5-7,10,15-16,18,24,28H,3-4,8-9,11-14,17H2,1-2H3,(H,29,36)(H,30,35)/t24-/m0/s1. The van der Waals surface area contributed by atoms with Crippen molar-refractivity contribution in [3.05, 3.63) is 65.2 Å². The topological polar surface area (TPSA) is 134 Å². The van der Waals surface area contributed by atoms with Gasteiger partial charge in [0.1, 0.15) is 17.5 Å². The van der Waals surface area contributed by atoms with Crippen molar-refractivity contribution in [3.8, 4) is 5.75 Å². The number of benzene rings is 1. The second-order valence-electron chi connectivity index (χ2n) is 9.43. The molecule has 4 rings (SSSR count). The minimum Gasteiger partial charge on any atom is -0.494 e. The van der Waals surface area contributed by atoms with Crippen molar-refractivity contribution in [2.24, 2.45) is 0 Å². The zero-order valence-corrected chi connectivity index (χ0v) is 23.1. The highest BCUT2D eigenvalue weighted by Crippen LogP contribution is 2.18. The molecule has 0 aliphatic carbocycles. The number of amides is 3. The lowest BCUT2D eigenvalue weighted by Gasteiger charge is -2.22. The van der Waals surface area contributed by atoms with Crippen LogP contribution in [0.2, 0.25) is 0 Å². The Bertz CT molecular complexity index is 1260. The van der Waals surface area contributed by atoms with E-state index >= 15 is 0 Å². The molecule has 4 bridgehead atoms. The second-order valence-corrected chi connectivity index (χ2v) is 10.4. The summed E-state index contributed by atoms with van der Waals surface area (Å²) in [5, 5.41) is 14.3. The summed E-state index contributed by atoms with van der Waals surface area (Å²) in [4.78, 5) is 44.0. The number of aromatic amines is 1. The van der Waals surface area contributed by atoms with Gasteiger partial charge in [0.15, 0.2) is 0 Å². The Balaban J connectivity index is 1.53. The number of aryl methyl sites for hydroxylation is 2. The number of aromatic nitrogens is 4. The summed E-state index contributed by atoms with van der Waals surface area (Å²) < 4.78 is 7.64. The zero-order chi connectivity index (χ0) is 27.6. The highest BCUT2D eigenvalue weighted by atomic mass is 32.2. The van der Waals surface area contributed by atoms with Crippen LogP contribution in [0.4, 0.5) is 0 Å². The van der Waals surface area contributed by atoms with Crippen molar-refractivity contribution in [3.63, 3.8) is 0 Å². The third-order valence-electron chi connectivity index (χ3n) is 6.46. The van der Waals surface area contributed by atoms with E-state index in [4.69, 9.17) is 4.74 Å². The minimum absolute atomic E-state index is 0.130. The number of nitrogens with one attached hydrogen (secondary N) is 3. The smallest absolute Gasteiger partial charge is 0.255 e. The van der Waals surface area contributed by atoms with E-state index in [9.17, 15) is 14.4 Å². The first-order chi connectivity index (χ1) is 18.9. The van der Waals surface area contributed by atoms with Crippen LogP contribution < -0.4 is 15.4 Å². The number of H-pyrrole nitrogens is 1. The molecule has 3 heterocycles. The lowest BCUT2D eigenvalue weighted by molar-refractivity contribution is -0.123. The normalized spacial score (nSPS) is 17.6. The summed E-state index contributed by atoms with van der Waals surface area (Å²) in [7, 11) is 0. The summed E-state index contributed by atoms with van der Waals surface area (Å²) in [6, 6.07) is 6.45. The summed E-state index contributed by atoms with van der Waals surface area (Å²) in [6.45, 7) is 3.95. The lowest BCUT2D eigenvalue weighted by atomic mass is 10.1. The maximum absolute atomic E-state index is 13.2. The molecule has 2 aromatic heterocycles. The van der Waals surface area contributed by atoms with E-state index in [1.165, 1.54) is 0 Å². The van der Waals surface area contributed by atoms with Crippen LogP contribution in [0.25, 0.3) is 0 Å². The molecule has 0 radical (unpaired) electrons. The molecule has 1 aliphatic heterocycles. The monoisotopic (exact) mass is 553 g/mol. The molecule has 0 saturated carbocycles. The second kappa shape index (κ2) is 13.8. The largest absolute Gasteiger partial charge is 0.494 e. The molecule has 12 heteroatoms. The van der Waals surface area contributed by atoms with Crippen molar-refractivity contribution < 1.29 is 19.1 Å². The Kier molecular flexibility index (Phi) is 10.0. The number of fused-ring (bicyclic) bond motifs is 4. The molecule has 39 heavy (non-hydrogen) atoms. The molecule has 1 atom stereocenters. The molecule has 1 aromatic carbocycles. The molecule has 1 aliphatic rings. The molecule has 208 valence electrons. The SMILES string of the molecule is CSCC[C@@H]1NC(=O)c2cc(ccc2C)OCCCn2cc(nn2)CN(C(=O)c2cc[nH]c2)CCCNC1=O. The molecule has 3 aromatic rings. The van der Waals surface area contributed by atoms with Crippen LogP contribution in [0.1, 0.15) is 51.2 Å². The van der Waals surface area contributed by atoms with Crippen LogP contribution in [-0.2, 0) is 17.9 Å². The van der Waals surface area contributed by atoms with Crippen molar-refractivity contribution in [2.75, 3.05) is 31.7 Å². The number of hydrogen-bond acceptors (Lipinski definition) is 7. The Labute approximate surface area is 232 Å². The third kappa shape index (κ3) is 7.85. The highest BCUT2D eigenvalue weighted by Gasteiger charge is 2.23. The summed E-state index contributed by atoms with van der Waals surface area (Å²) in [5.41, 5.74) is 2.51. The molecule has 3 N–H and O–H groups in total. The maximum atomic E-state index is 13.2. The molecular formula is C27H35N7O4S. The summed E-state index contributed by atoms with van der Waals surface area (Å²) in [6.07, 6.45) is 8.89. The van der Waals surface area contributed by atoms with Gasteiger partial charge in [-0.2, -0.15) is 11.8 Å².